The van der Waals surface area contributed by atoms with Crippen LogP contribution in [-0.2, 0) is 23.0 Å². The Kier molecular flexibility index (Phi) is 4.96. The Labute approximate surface area is 142 Å². The summed E-state index contributed by atoms with van der Waals surface area (Å²) in [5, 5.41) is 4.31. The molecule has 3 heterocycles. The minimum absolute atomic E-state index is 0.312. The highest BCUT2D eigenvalue weighted by atomic mass is 32.2. The molecule has 1 aliphatic rings. The maximum absolute atomic E-state index is 11.6. The first-order valence-corrected chi connectivity index (χ1v) is 10.1. The Balaban J connectivity index is 1.62. The van der Waals surface area contributed by atoms with Gasteiger partial charge in [0.2, 0.25) is 10.0 Å². The van der Waals surface area contributed by atoms with Crippen LogP contribution < -0.4 is 0 Å². The normalized spacial score (nSPS) is 19.0. The van der Waals surface area contributed by atoms with E-state index >= 15 is 0 Å². The second-order valence-electron chi connectivity index (χ2n) is 6.36. The van der Waals surface area contributed by atoms with E-state index < -0.39 is 10.0 Å². The Morgan fingerprint density at radius 3 is 2.71 bits per heavy atom. The predicted octanol–water partition coefficient (Wildman–Crippen LogP) is 1.57. The van der Waals surface area contributed by atoms with Crippen molar-refractivity contribution < 1.29 is 8.42 Å². The van der Waals surface area contributed by atoms with E-state index in [1.165, 1.54) is 6.26 Å². The smallest absolute Gasteiger partial charge is 0.211 e. The second-order valence-corrected chi connectivity index (χ2v) is 8.35. The van der Waals surface area contributed by atoms with Gasteiger partial charge in [0.1, 0.15) is 0 Å². The minimum Gasteiger partial charge on any atom is -0.272 e. The van der Waals surface area contributed by atoms with Gasteiger partial charge < -0.3 is 0 Å². The lowest BCUT2D eigenvalue weighted by molar-refractivity contribution is 0.459. The van der Waals surface area contributed by atoms with Gasteiger partial charge in [-0.05, 0) is 25.2 Å². The van der Waals surface area contributed by atoms with Crippen molar-refractivity contribution in [2.45, 2.75) is 32.7 Å². The largest absolute Gasteiger partial charge is 0.272 e. The summed E-state index contributed by atoms with van der Waals surface area (Å²) in [6, 6.07) is 0. The summed E-state index contributed by atoms with van der Waals surface area (Å²) in [5.41, 5.74) is 2.68. The van der Waals surface area contributed by atoms with Gasteiger partial charge in [-0.25, -0.2) is 12.7 Å². The first-order chi connectivity index (χ1) is 11.5. The summed E-state index contributed by atoms with van der Waals surface area (Å²) in [4.78, 5) is 8.98. The van der Waals surface area contributed by atoms with Gasteiger partial charge >= 0.3 is 0 Å². The molecule has 0 aliphatic carbocycles. The number of hydrogen-bond acceptors (Lipinski definition) is 5. The molecule has 1 unspecified atom stereocenters. The second kappa shape index (κ2) is 6.98. The molecule has 1 saturated heterocycles. The van der Waals surface area contributed by atoms with Crippen LogP contribution in [0.2, 0.25) is 0 Å². The molecule has 8 heteroatoms. The molecule has 1 atom stereocenters. The van der Waals surface area contributed by atoms with E-state index in [0.29, 0.717) is 19.0 Å². The molecule has 0 bridgehead atoms. The van der Waals surface area contributed by atoms with Gasteiger partial charge in [-0.2, -0.15) is 5.10 Å². The van der Waals surface area contributed by atoms with E-state index in [-0.39, 0.29) is 0 Å². The molecule has 130 valence electrons. The average molecular weight is 349 g/mol. The van der Waals surface area contributed by atoms with E-state index in [1.807, 2.05) is 10.9 Å². The highest BCUT2D eigenvalue weighted by Crippen LogP contribution is 2.22. The van der Waals surface area contributed by atoms with Crippen LogP contribution in [-0.4, -0.2) is 51.8 Å². The minimum atomic E-state index is -3.08. The van der Waals surface area contributed by atoms with Crippen molar-refractivity contribution in [3.8, 4) is 11.3 Å². The number of aromatic nitrogens is 4. The first kappa shape index (κ1) is 17.0. The maximum Gasteiger partial charge on any atom is 0.211 e. The van der Waals surface area contributed by atoms with Crippen LogP contribution in [0.15, 0.2) is 24.8 Å². The fourth-order valence-electron chi connectivity index (χ4n) is 3.02. The first-order valence-electron chi connectivity index (χ1n) is 8.24. The Hall–Kier alpha value is -1.80. The van der Waals surface area contributed by atoms with Crippen molar-refractivity contribution in [3.05, 3.63) is 30.5 Å². The van der Waals surface area contributed by atoms with Crippen LogP contribution in [0.5, 0.6) is 0 Å². The number of rotatable bonds is 6. The monoisotopic (exact) mass is 349 g/mol. The van der Waals surface area contributed by atoms with Crippen LogP contribution >= 0.6 is 0 Å². The lowest BCUT2D eigenvalue weighted by Crippen LogP contribution is -2.27. The third kappa shape index (κ3) is 3.99. The quantitative estimate of drug-likeness (QED) is 0.791. The van der Waals surface area contributed by atoms with Gasteiger partial charge in [0.25, 0.3) is 0 Å². The molecule has 0 saturated carbocycles. The third-order valence-electron chi connectivity index (χ3n) is 4.30. The Morgan fingerprint density at radius 1 is 1.25 bits per heavy atom. The molecule has 1 aliphatic heterocycles. The molecule has 0 N–H and O–H groups in total. The van der Waals surface area contributed by atoms with Crippen LogP contribution in [0.3, 0.4) is 0 Å². The Bertz CT molecular complexity index is 785. The molecule has 3 rings (SSSR count). The molecule has 24 heavy (non-hydrogen) atoms. The summed E-state index contributed by atoms with van der Waals surface area (Å²) in [7, 11) is -3.08. The zero-order valence-electron chi connectivity index (χ0n) is 14.1. The fraction of sp³-hybridized carbons (Fsp3) is 0.562. The van der Waals surface area contributed by atoms with E-state index in [2.05, 4.69) is 22.0 Å². The molecule has 1 fully saturated rings. The van der Waals surface area contributed by atoms with Crippen molar-refractivity contribution in [1.29, 1.82) is 0 Å². The van der Waals surface area contributed by atoms with E-state index in [9.17, 15) is 8.42 Å². The third-order valence-corrected chi connectivity index (χ3v) is 5.57. The van der Waals surface area contributed by atoms with Crippen LogP contribution in [0.4, 0.5) is 0 Å². The summed E-state index contributed by atoms with van der Waals surface area (Å²) >= 11 is 0. The molecule has 0 aromatic carbocycles. The molecule has 0 amide bonds. The molecular weight excluding hydrogens is 326 g/mol. The number of hydrogen-bond donors (Lipinski definition) is 0. The molecule has 2 aromatic heterocycles. The van der Waals surface area contributed by atoms with E-state index in [0.717, 1.165) is 42.8 Å². The van der Waals surface area contributed by atoms with Crippen LogP contribution in [0, 0.1) is 5.92 Å². The van der Waals surface area contributed by atoms with Crippen molar-refractivity contribution in [1.82, 2.24) is 24.1 Å². The summed E-state index contributed by atoms with van der Waals surface area (Å²) < 4.78 is 26.6. The van der Waals surface area contributed by atoms with E-state index in [1.54, 1.807) is 22.9 Å². The van der Waals surface area contributed by atoms with Gasteiger partial charge in [-0.3, -0.25) is 14.6 Å². The van der Waals surface area contributed by atoms with Crippen molar-refractivity contribution in [3.63, 3.8) is 0 Å². The average Bonchev–Trinajstić information content (AvgIpc) is 3.18. The van der Waals surface area contributed by atoms with Gasteiger partial charge in [-0.15, -0.1) is 0 Å². The molecular formula is C16H23N5O2S. The number of aryl methyl sites for hydroxylation is 1. The van der Waals surface area contributed by atoms with Crippen LogP contribution in [0.1, 0.15) is 25.5 Å². The zero-order valence-corrected chi connectivity index (χ0v) is 14.9. The van der Waals surface area contributed by atoms with Gasteiger partial charge in [0, 0.05) is 37.6 Å². The summed E-state index contributed by atoms with van der Waals surface area (Å²) in [6.45, 7) is 4.19. The summed E-state index contributed by atoms with van der Waals surface area (Å²) in [6.07, 6.45) is 11.3. The van der Waals surface area contributed by atoms with Crippen molar-refractivity contribution >= 4 is 10.0 Å². The zero-order chi connectivity index (χ0) is 17.2. The summed E-state index contributed by atoms with van der Waals surface area (Å²) in [5.74, 6) is 0.312. The maximum atomic E-state index is 11.6. The van der Waals surface area contributed by atoms with Gasteiger partial charge in [0.05, 0.1) is 30.0 Å². The predicted molar refractivity (Wildman–Crippen MR) is 91.8 cm³/mol. The highest BCUT2D eigenvalue weighted by Gasteiger charge is 2.28. The Morgan fingerprint density at radius 2 is 2.08 bits per heavy atom. The molecule has 7 nitrogen and oxygen atoms in total. The number of sulfonamides is 1. The number of nitrogens with zero attached hydrogens (tertiary/aromatic N) is 5. The standard InChI is InChI=1S/C16H23N5O2S/c1-3-5-20-12-14(8-19-20)16-10-17-15(9-18-16)7-13-4-6-21(11-13)24(2,22)23/h8-10,12-13H,3-7,11H2,1-2H3. The molecule has 2 aromatic rings. The van der Waals surface area contributed by atoms with Crippen molar-refractivity contribution in [2.24, 2.45) is 5.92 Å². The molecule has 0 spiro atoms. The van der Waals surface area contributed by atoms with Crippen molar-refractivity contribution in [2.75, 3.05) is 19.3 Å². The SMILES string of the molecule is CCCn1cc(-c2cnc(CC3CCN(S(C)(=O)=O)C3)cn2)cn1. The topological polar surface area (TPSA) is 81.0 Å². The van der Waals surface area contributed by atoms with Crippen LogP contribution in [0.25, 0.3) is 11.3 Å². The van der Waals surface area contributed by atoms with E-state index in [4.69, 9.17) is 0 Å². The fourth-order valence-corrected chi connectivity index (χ4v) is 3.94. The van der Waals surface area contributed by atoms with Gasteiger partial charge in [-0.1, -0.05) is 6.92 Å². The molecule has 0 radical (unpaired) electrons. The lowest BCUT2D eigenvalue weighted by Gasteiger charge is -2.13. The van der Waals surface area contributed by atoms with Gasteiger partial charge in [0.15, 0.2) is 0 Å². The lowest BCUT2D eigenvalue weighted by atomic mass is 10.0. The highest BCUT2D eigenvalue weighted by molar-refractivity contribution is 7.88.